The average molecular weight is 354 g/mol. The second-order valence-electron chi connectivity index (χ2n) is 6.01. The van der Waals surface area contributed by atoms with Crippen molar-refractivity contribution in [2.45, 2.75) is 31.7 Å². The van der Waals surface area contributed by atoms with Crippen molar-refractivity contribution in [3.05, 3.63) is 52.8 Å². The minimum absolute atomic E-state index is 0.724. The van der Waals surface area contributed by atoms with E-state index in [4.69, 9.17) is 4.74 Å². The van der Waals surface area contributed by atoms with E-state index in [0.717, 1.165) is 44.9 Å². The maximum atomic E-state index is 5.48. The van der Waals surface area contributed by atoms with Gasteiger partial charge in [-0.2, -0.15) is 0 Å². The molecule has 0 spiro atoms. The lowest BCUT2D eigenvalue weighted by Crippen LogP contribution is -2.00. The predicted octanol–water partition coefficient (Wildman–Crippen LogP) is 4.10. The molecular weight excluding hydrogens is 332 g/mol. The molecule has 0 fully saturated rings. The molecule has 0 aliphatic carbocycles. The Labute approximate surface area is 152 Å². The van der Waals surface area contributed by atoms with Gasteiger partial charge in [-0.15, -0.1) is 10.2 Å². The van der Waals surface area contributed by atoms with Gasteiger partial charge in [0.15, 0.2) is 11.0 Å². The van der Waals surface area contributed by atoms with Crippen molar-refractivity contribution in [1.82, 2.24) is 19.7 Å². The fourth-order valence-electron chi connectivity index (χ4n) is 2.85. The zero-order valence-corrected chi connectivity index (χ0v) is 16.0. The summed E-state index contributed by atoms with van der Waals surface area (Å²) >= 11 is 1.63. The molecule has 25 heavy (non-hydrogen) atoms. The van der Waals surface area contributed by atoms with Crippen LogP contribution in [0, 0.1) is 20.8 Å². The van der Waals surface area contributed by atoms with Crippen LogP contribution in [0.2, 0.25) is 0 Å². The third-order valence-electron chi connectivity index (χ3n) is 4.31. The van der Waals surface area contributed by atoms with E-state index in [1.165, 1.54) is 5.56 Å². The van der Waals surface area contributed by atoms with Crippen LogP contribution in [0.25, 0.3) is 11.4 Å². The Morgan fingerprint density at radius 2 is 1.84 bits per heavy atom. The molecule has 0 saturated heterocycles. The lowest BCUT2D eigenvalue weighted by atomic mass is 10.1. The van der Waals surface area contributed by atoms with Gasteiger partial charge in [0.05, 0.1) is 12.8 Å². The molecule has 6 heteroatoms. The van der Waals surface area contributed by atoms with Crippen LogP contribution in [0.3, 0.4) is 0 Å². The molecule has 2 aromatic heterocycles. The second kappa shape index (κ2) is 7.27. The maximum absolute atomic E-state index is 5.48. The topological polar surface area (TPSA) is 52.8 Å². The summed E-state index contributed by atoms with van der Waals surface area (Å²) in [6.07, 6.45) is 1.86. The van der Waals surface area contributed by atoms with Gasteiger partial charge < -0.3 is 9.30 Å². The minimum atomic E-state index is 0.724. The summed E-state index contributed by atoms with van der Waals surface area (Å²) in [4.78, 5) is 4.55. The van der Waals surface area contributed by atoms with Crippen LogP contribution in [0.5, 0.6) is 5.75 Å². The van der Waals surface area contributed by atoms with Crippen LogP contribution in [-0.2, 0) is 12.8 Å². The molecular formula is C19H22N4OS. The van der Waals surface area contributed by atoms with Gasteiger partial charge in [-0.25, -0.2) is 0 Å². The van der Waals surface area contributed by atoms with Gasteiger partial charge in [-0.1, -0.05) is 36.0 Å². The first-order valence-electron chi connectivity index (χ1n) is 8.10. The van der Waals surface area contributed by atoms with E-state index in [9.17, 15) is 0 Å². The standard InChI is InChI=1S/C19H22N4OS/c1-12-8-6-7-9-15(12)18-21-22-19(23(18)4)25-11-16-14(3)17(24-5)13(2)10-20-16/h6-10H,11H2,1-5H3. The Morgan fingerprint density at radius 3 is 2.56 bits per heavy atom. The molecule has 0 aliphatic rings. The summed E-state index contributed by atoms with van der Waals surface area (Å²) in [5.74, 6) is 2.51. The summed E-state index contributed by atoms with van der Waals surface area (Å²) in [7, 11) is 3.70. The number of nitrogens with zero attached hydrogens (tertiary/aromatic N) is 4. The smallest absolute Gasteiger partial charge is 0.191 e. The van der Waals surface area contributed by atoms with Crippen LogP contribution >= 0.6 is 11.8 Å². The van der Waals surface area contributed by atoms with Gasteiger partial charge in [0.2, 0.25) is 0 Å². The van der Waals surface area contributed by atoms with E-state index < -0.39 is 0 Å². The van der Waals surface area contributed by atoms with Gasteiger partial charge in [-0.05, 0) is 26.3 Å². The summed E-state index contributed by atoms with van der Waals surface area (Å²) < 4.78 is 7.52. The van der Waals surface area contributed by atoms with E-state index in [1.54, 1.807) is 18.9 Å². The third kappa shape index (κ3) is 3.39. The van der Waals surface area contributed by atoms with Gasteiger partial charge in [-0.3, -0.25) is 4.98 Å². The Kier molecular flexibility index (Phi) is 5.08. The van der Waals surface area contributed by atoms with Crippen molar-refractivity contribution in [3.8, 4) is 17.1 Å². The molecule has 3 aromatic rings. The first-order chi connectivity index (χ1) is 12.0. The fraction of sp³-hybridized carbons (Fsp3) is 0.316. The highest BCUT2D eigenvalue weighted by Crippen LogP contribution is 2.30. The Hall–Kier alpha value is -2.34. The highest BCUT2D eigenvalue weighted by Gasteiger charge is 2.15. The van der Waals surface area contributed by atoms with Crippen LogP contribution in [-0.4, -0.2) is 26.9 Å². The number of benzene rings is 1. The van der Waals surface area contributed by atoms with Crippen LogP contribution in [0.15, 0.2) is 35.6 Å². The van der Waals surface area contributed by atoms with Crippen LogP contribution in [0.4, 0.5) is 0 Å². The predicted molar refractivity (Wildman–Crippen MR) is 101 cm³/mol. The van der Waals surface area contributed by atoms with E-state index >= 15 is 0 Å². The average Bonchev–Trinajstić information content (AvgIpc) is 2.96. The number of ether oxygens (including phenoxy) is 1. The summed E-state index contributed by atoms with van der Waals surface area (Å²) in [6, 6.07) is 8.22. The van der Waals surface area contributed by atoms with E-state index in [0.29, 0.717) is 0 Å². The molecule has 1 aromatic carbocycles. The largest absolute Gasteiger partial charge is 0.496 e. The number of hydrogen-bond acceptors (Lipinski definition) is 5. The third-order valence-corrected chi connectivity index (χ3v) is 5.34. The van der Waals surface area contributed by atoms with Gasteiger partial charge in [0.25, 0.3) is 0 Å². The van der Waals surface area contributed by atoms with Crippen molar-refractivity contribution in [3.63, 3.8) is 0 Å². The van der Waals surface area contributed by atoms with Crippen LogP contribution in [0.1, 0.15) is 22.4 Å². The number of thioether (sulfide) groups is 1. The Bertz CT molecular complexity index is 904. The van der Waals surface area contributed by atoms with E-state index in [1.807, 2.05) is 43.8 Å². The fourth-order valence-corrected chi connectivity index (χ4v) is 3.78. The number of methoxy groups -OCH3 is 1. The normalized spacial score (nSPS) is 10.9. The lowest BCUT2D eigenvalue weighted by molar-refractivity contribution is 0.407. The van der Waals surface area contributed by atoms with Crippen molar-refractivity contribution in [1.29, 1.82) is 0 Å². The van der Waals surface area contributed by atoms with Crippen molar-refractivity contribution >= 4 is 11.8 Å². The quantitative estimate of drug-likeness (QED) is 0.646. The van der Waals surface area contributed by atoms with Crippen molar-refractivity contribution in [2.24, 2.45) is 7.05 Å². The van der Waals surface area contributed by atoms with E-state index in [-0.39, 0.29) is 0 Å². The molecule has 0 saturated carbocycles. The van der Waals surface area contributed by atoms with Crippen molar-refractivity contribution in [2.75, 3.05) is 7.11 Å². The summed E-state index contributed by atoms with van der Waals surface area (Å²) in [6.45, 7) is 6.14. The Balaban J connectivity index is 1.83. The molecule has 130 valence electrons. The molecule has 0 amide bonds. The molecule has 2 heterocycles. The molecule has 0 radical (unpaired) electrons. The highest BCUT2D eigenvalue weighted by atomic mass is 32.2. The number of hydrogen-bond donors (Lipinski definition) is 0. The van der Waals surface area contributed by atoms with E-state index in [2.05, 4.69) is 34.2 Å². The lowest BCUT2D eigenvalue weighted by Gasteiger charge is -2.12. The minimum Gasteiger partial charge on any atom is -0.496 e. The van der Waals surface area contributed by atoms with Gasteiger partial charge in [0, 0.05) is 35.7 Å². The first-order valence-corrected chi connectivity index (χ1v) is 9.08. The van der Waals surface area contributed by atoms with Crippen LogP contribution < -0.4 is 4.74 Å². The molecule has 5 nitrogen and oxygen atoms in total. The number of pyridine rings is 1. The molecule has 3 rings (SSSR count). The monoisotopic (exact) mass is 354 g/mol. The maximum Gasteiger partial charge on any atom is 0.191 e. The van der Waals surface area contributed by atoms with Gasteiger partial charge >= 0.3 is 0 Å². The first kappa shape index (κ1) is 17.5. The molecule has 0 aliphatic heterocycles. The summed E-state index contributed by atoms with van der Waals surface area (Å²) in [5.41, 5.74) is 5.43. The molecule has 0 atom stereocenters. The number of rotatable bonds is 5. The van der Waals surface area contributed by atoms with Crippen molar-refractivity contribution < 1.29 is 4.74 Å². The zero-order valence-electron chi connectivity index (χ0n) is 15.2. The molecule has 0 N–H and O–H groups in total. The second-order valence-corrected chi connectivity index (χ2v) is 6.96. The number of aryl methyl sites for hydroxylation is 2. The Morgan fingerprint density at radius 1 is 1.08 bits per heavy atom. The zero-order chi connectivity index (χ0) is 18.0. The SMILES string of the molecule is COc1c(C)cnc(CSc2nnc(-c3ccccc3C)n2C)c1C. The number of aromatic nitrogens is 4. The molecule has 0 bridgehead atoms. The van der Waals surface area contributed by atoms with Gasteiger partial charge in [0.1, 0.15) is 5.75 Å². The molecule has 0 unspecified atom stereocenters. The summed E-state index contributed by atoms with van der Waals surface area (Å²) in [5, 5.41) is 9.61. The highest BCUT2D eigenvalue weighted by molar-refractivity contribution is 7.98.